The summed E-state index contributed by atoms with van der Waals surface area (Å²) in [4.78, 5) is 30.2. The van der Waals surface area contributed by atoms with Crippen molar-refractivity contribution in [1.29, 1.82) is 0 Å². The number of aromatic nitrogens is 2. The van der Waals surface area contributed by atoms with Crippen LogP contribution in [-0.2, 0) is 0 Å². The van der Waals surface area contributed by atoms with Gasteiger partial charge in [0.2, 0.25) is 0 Å². The van der Waals surface area contributed by atoms with Gasteiger partial charge in [-0.25, -0.2) is 9.37 Å². The predicted molar refractivity (Wildman–Crippen MR) is 107 cm³/mol. The minimum atomic E-state index is -0.730. The minimum absolute atomic E-state index is 0.157. The lowest BCUT2D eigenvalue weighted by Crippen LogP contribution is -2.32. The molecule has 0 radical (unpaired) electrons. The second kappa shape index (κ2) is 6.91. The fourth-order valence-electron chi connectivity index (χ4n) is 2.98. The van der Waals surface area contributed by atoms with Crippen molar-refractivity contribution in [3.8, 4) is 11.4 Å². The second-order valence-corrected chi connectivity index (χ2v) is 7.68. The number of amides is 1. The maximum absolute atomic E-state index is 13.7. The van der Waals surface area contributed by atoms with Gasteiger partial charge in [-0.15, -0.1) is 0 Å². The minimum Gasteiger partial charge on any atom is -0.506 e. The first-order valence-electron chi connectivity index (χ1n) is 8.43. The topological polar surface area (TPSA) is 75.4 Å². The average molecular weight is 479 g/mol. The molecule has 4 rings (SSSR count). The summed E-state index contributed by atoms with van der Waals surface area (Å²) in [7, 11) is 0. The van der Waals surface area contributed by atoms with E-state index in [9.17, 15) is 19.1 Å². The molecule has 1 N–H and O–H groups in total. The van der Waals surface area contributed by atoms with Crippen LogP contribution in [0.25, 0.3) is 16.7 Å². The largest absolute Gasteiger partial charge is 0.506 e. The van der Waals surface area contributed by atoms with Gasteiger partial charge in [-0.2, -0.15) is 0 Å². The van der Waals surface area contributed by atoms with Crippen LogP contribution in [-0.4, -0.2) is 30.2 Å². The molecule has 3 aromatic rings. The van der Waals surface area contributed by atoms with Crippen LogP contribution < -0.4 is 5.56 Å². The zero-order valence-corrected chi connectivity index (χ0v) is 16.3. The average Bonchev–Trinajstić information content (AvgIpc) is 3.46. The van der Waals surface area contributed by atoms with Gasteiger partial charge >= 0.3 is 0 Å². The van der Waals surface area contributed by atoms with Crippen molar-refractivity contribution in [3.63, 3.8) is 0 Å². The Hall–Kier alpha value is -2.49. The van der Waals surface area contributed by atoms with Gasteiger partial charge < -0.3 is 5.11 Å². The molecule has 0 spiro atoms. The normalized spacial score (nSPS) is 13.7. The van der Waals surface area contributed by atoms with Gasteiger partial charge in [-0.3, -0.25) is 17.3 Å². The van der Waals surface area contributed by atoms with E-state index >= 15 is 0 Å². The Balaban J connectivity index is 1.97. The molecule has 0 saturated heterocycles. The molecule has 2 aromatic heterocycles. The van der Waals surface area contributed by atoms with Crippen molar-refractivity contribution >= 4 is 39.8 Å². The number of nitrogens with zero attached hydrogens (tertiary/aromatic N) is 3. The molecule has 138 valence electrons. The van der Waals surface area contributed by atoms with Crippen LogP contribution in [0.5, 0.6) is 5.75 Å². The number of benzene rings is 1. The summed E-state index contributed by atoms with van der Waals surface area (Å²) < 4.78 is 16.3. The monoisotopic (exact) mass is 479 g/mol. The molecular formula is C19H15FIN3O3. The first kappa shape index (κ1) is 17.9. The summed E-state index contributed by atoms with van der Waals surface area (Å²) in [5.41, 5.74) is -0.675. The van der Waals surface area contributed by atoms with Gasteiger partial charge in [0.05, 0.1) is 33.9 Å². The molecule has 27 heavy (non-hydrogen) atoms. The maximum atomic E-state index is 13.7. The fraction of sp³-hybridized carbons (Fsp3) is 0.211. The van der Waals surface area contributed by atoms with Crippen molar-refractivity contribution in [3.05, 3.63) is 64.3 Å². The molecule has 2 heterocycles. The van der Waals surface area contributed by atoms with Crippen LogP contribution in [0.3, 0.4) is 0 Å². The molecule has 1 fully saturated rings. The number of aromatic hydroxyl groups is 1. The Kier molecular flexibility index (Phi) is 4.58. The van der Waals surface area contributed by atoms with E-state index < -0.39 is 23.0 Å². The van der Waals surface area contributed by atoms with Gasteiger partial charge in [0.25, 0.3) is 11.5 Å². The summed E-state index contributed by atoms with van der Waals surface area (Å²) in [6.07, 6.45) is 3.57. The van der Waals surface area contributed by atoms with Crippen LogP contribution in [0, 0.1) is 11.7 Å². The van der Waals surface area contributed by atoms with Gasteiger partial charge in [0.1, 0.15) is 17.1 Å². The van der Waals surface area contributed by atoms with E-state index in [4.69, 9.17) is 0 Å². The van der Waals surface area contributed by atoms with E-state index in [1.807, 2.05) is 22.9 Å². The lowest BCUT2D eigenvalue weighted by atomic mass is 10.1. The van der Waals surface area contributed by atoms with Crippen molar-refractivity contribution in [2.75, 3.05) is 6.54 Å². The summed E-state index contributed by atoms with van der Waals surface area (Å²) >= 11 is 1.86. The van der Waals surface area contributed by atoms with Gasteiger partial charge in [0.15, 0.2) is 5.65 Å². The molecule has 1 amide bonds. The van der Waals surface area contributed by atoms with Crippen LogP contribution in [0.15, 0.2) is 47.4 Å². The molecule has 1 aliphatic rings. The lowest BCUT2D eigenvalue weighted by Gasteiger charge is -2.17. The zero-order chi connectivity index (χ0) is 19.1. The van der Waals surface area contributed by atoms with E-state index in [0.717, 1.165) is 17.4 Å². The van der Waals surface area contributed by atoms with Crippen LogP contribution >= 0.6 is 22.9 Å². The molecule has 0 bridgehead atoms. The second-order valence-electron chi connectivity index (χ2n) is 6.51. The SMILES string of the molecule is O=C(c1c(O)c2cccnc2n(-c2cccc(F)c2)c1=O)N(I)CC1CC1. The predicted octanol–water partition coefficient (Wildman–Crippen LogP) is 3.43. The third kappa shape index (κ3) is 3.29. The van der Waals surface area contributed by atoms with Crippen molar-refractivity contribution in [2.24, 2.45) is 5.92 Å². The van der Waals surface area contributed by atoms with E-state index in [-0.39, 0.29) is 22.3 Å². The molecule has 1 saturated carbocycles. The molecular weight excluding hydrogens is 464 g/mol. The number of fused-ring (bicyclic) bond motifs is 1. The number of halogens is 2. The number of carbonyl (C=O) groups excluding carboxylic acids is 1. The van der Waals surface area contributed by atoms with E-state index in [0.29, 0.717) is 12.5 Å². The van der Waals surface area contributed by atoms with Gasteiger partial charge in [0, 0.05) is 12.7 Å². The Morgan fingerprint density at radius 1 is 1.33 bits per heavy atom. The highest BCUT2D eigenvalue weighted by atomic mass is 127. The number of pyridine rings is 2. The highest BCUT2D eigenvalue weighted by Gasteiger charge is 2.30. The molecule has 0 unspecified atom stereocenters. The molecule has 0 atom stereocenters. The maximum Gasteiger partial charge on any atom is 0.273 e. The molecule has 8 heteroatoms. The lowest BCUT2D eigenvalue weighted by molar-refractivity contribution is 0.0880. The van der Waals surface area contributed by atoms with Crippen LogP contribution in [0.1, 0.15) is 23.2 Å². The summed E-state index contributed by atoms with van der Waals surface area (Å²) in [5, 5.41) is 10.9. The van der Waals surface area contributed by atoms with Crippen LogP contribution in [0.2, 0.25) is 0 Å². The fourth-order valence-corrected chi connectivity index (χ4v) is 3.78. The van der Waals surface area contributed by atoms with Crippen molar-refractivity contribution in [1.82, 2.24) is 12.7 Å². The van der Waals surface area contributed by atoms with E-state index in [1.54, 1.807) is 18.2 Å². The van der Waals surface area contributed by atoms with Gasteiger partial charge in [-0.1, -0.05) is 6.07 Å². The quantitative estimate of drug-likeness (QED) is 0.460. The highest BCUT2D eigenvalue weighted by Crippen LogP contribution is 2.33. The standard InChI is InChI=1S/C19H15FIN3O3/c20-12-3-1-4-13(9-12)24-17-14(5-2-8-22-17)16(25)15(19(24)27)18(26)23(21)10-11-6-7-11/h1-5,8-9,11,25H,6-7,10H2. The van der Waals surface area contributed by atoms with Crippen molar-refractivity contribution in [2.45, 2.75) is 12.8 Å². The summed E-state index contributed by atoms with van der Waals surface area (Å²) in [6, 6.07) is 8.64. The Labute approximate surface area is 167 Å². The molecule has 1 aromatic carbocycles. The Morgan fingerprint density at radius 2 is 2.11 bits per heavy atom. The Morgan fingerprint density at radius 3 is 2.81 bits per heavy atom. The van der Waals surface area contributed by atoms with E-state index in [1.165, 1.54) is 27.5 Å². The smallest absolute Gasteiger partial charge is 0.273 e. The first-order valence-corrected chi connectivity index (χ1v) is 9.40. The summed E-state index contributed by atoms with van der Waals surface area (Å²) in [5.74, 6) is -1.06. The zero-order valence-electron chi connectivity index (χ0n) is 14.1. The molecule has 0 aliphatic heterocycles. The molecule has 1 aliphatic carbocycles. The first-order chi connectivity index (χ1) is 13.0. The van der Waals surface area contributed by atoms with Crippen molar-refractivity contribution < 1.29 is 14.3 Å². The Bertz CT molecular complexity index is 1110. The molecule has 6 nitrogen and oxygen atoms in total. The van der Waals surface area contributed by atoms with Gasteiger partial charge in [-0.05, 0) is 49.1 Å². The number of rotatable bonds is 4. The third-order valence-corrected chi connectivity index (χ3v) is 5.36. The summed E-state index contributed by atoms with van der Waals surface area (Å²) in [6.45, 7) is 0.517. The third-order valence-electron chi connectivity index (χ3n) is 4.52. The van der Waals surface area contributed by atoms with E-state index in [2.05, 4.69) is 4.98 Å². The number of hydrogen-bond acceptors (Lipinski definition) is 4. The van der Waals surface area contributed by atoms with Crippen LogP contribution in [0.4, 0.5) is 4.39 Å². The number of carbonyl (C=O) groups is 1. The highest BCUT2D eigenvalue weighted by molar-refractivity contribution is 14.1. The number of hydrogen-bond donors (Lipinski definition) is 1.